The van der Waals surface area contributed by atoms with E-state index in [4.69, 9.17) is 4.74 Å². The lowest BCUT2D eigenvalue weighted by atomic mass is 10.3. The van der Waals surface area contributed by atoms with E-state index in [-0.39, 0.29) is 11.4 Å². The fourth-order valence-electron chi connectivity index (χ4n) is 1.36. The Morgan fingerprint density at radius 1 is 1.35 bits per heavy atom. The zero-order valence-electron chi connectivity index (χ0n) is 9.26. The minimum atomic E-state index is -0.214. The van der Waals surface area contributed by atoms with Crippen LogP contribution in [0.4, 0.5) is 0 Å². The molecule has 2 aromatic rings. The lowest BCUT2D eigenvalue weighted by Gasteiger charge is -2.06. The number of aromatic nitrogens is 2. The molecule has 0 atom stereocenters. The maximum absolute atomic E-state index is 11.8. The minimum absolute atomic E-state index is 0.107. The Labute approximate surface area is 112 Å². The number of hydrogen-bond donors (Lipinski definition) is 0. The summed E-state index contributed by atoms with van der Waals surface area (Å²) in [6, 6.07) is 7.45. The first kappa shape index (κ1) is 12.1. The van der Waals surface area contributed by atoms with Crippen LogP contribution in [0.25, 0.3) is 0 Å². The molecular weight excluding hydrogens is 331 g/mol. The molecule has 4 nitrogen and oxygen atoms in total. The second-order valence-electron chi connectivity index (χ2n) is 3.38. The summed E-state index contributed by atoms with van der Waals surface area (Å²) in [6.45, 7) is 2.50. The summed E-state index contributed by atoms with van der Waals surface area (Å²) in [5, 5.41) is 0. The van der Waals surface area contributed by atoms with Crippen molar-refractivity contribution < 1.29 is 4.74 Å². The van der Waals surface area contributed by atoms with Gasteiger partial charge >= 0.3 is 5.56 Å². The molecule has 0 aliphatic carbocycles. The summed E-state index contributed by atoms with van der Waals surface area (Å²) < 4.78 is 8.12. The fraction of sp³-hybridized carbons (Fsp3) is 0.167. The lowest BCUT2D eigenvalue weighted by Crippen LogP contribution is -2.20. The highest BCUT2D eigenvalue weighted by Crippen LogP contribution is 2.17. The number of nitrogens with zero attached hydrogens (tertiary/aromatic N) is 2. The second kappa shape index (κ2) is 5.31. The van der Waals surface area contributed by atoms with Crippen LogP contribution in [0, 0.1) is 3.57 Å². The van der Waals surface area contributed by atoms with E-state index in [2.05, 4.69) is 27.6 Å². The molecule has 1 aromatic carbocycles. The molecule has 0 radical (unpaired) electrons. The average Bonchev–Trinajstić information content (AvgIpc) is 2.35. The van der Waals surface area contributed by atoms with E-state index in [1.165, 1.54) is 0 Å². The van der Waals surface area contributed by atoms with Crippen molar-refractivity contribution in [1.29, 1.82) is 0 Å². The summed E-state index contributed by atoms with van der Waals surface area (Å²) in [6.07, 6.45) is 3.20. The molecule has 5 heteroatoms. The standard InChI is InChI=1S/C12H11IN2O2/c1-2-15-8-7-14-11(12(15)16)17-10-5-3-9(13)4-6-10/h3-8H,2H2,1H3. The Bertz CT molecular complexity index is 563. The van der Waals surface area contributed by atoms with Crippen LogP contribution in [0.15, 0.2) is 41.5 Å². The van der Waals surface area contributed by atoms with Crippen LogP contribution in [-0.2, 0) is 6.54 Å². The molecule has 0 spiro atoms. The number of hydrogen-bond acceptors (Lipinski definition) is 3. The van der Waals surface area contributed by atoms with Crippen molar-refractivity contribution in [2.75, 3.05) is 0 Å². The van der Waals surface area contributed by atoms with Crippen molar-refractivity contribution in [3.63, 3.8) is 0 Å². The summed E-state index contributed by atoms with van der Waals surface area (Å²) in [4.78, 5) is 15.8. The second-order valence-corrected chi connectivity index (χ2v) is 4.63. The third-order valence-corrected chi connectivity index (χ3v) is 2.97. The van der Waals surface area contributed by atoms with Crippen molar-refractivity contribution >= 4 is 22.6 Å². The molecule has 1 heterocycles. The van der Waals surface area contributed by atoms with Crippen molar-refractivity contribution in [1.82, 2.24) is 9.55 Å². The van der Waals surface area contributed by atoms with Crippen LogP contribution >= 0.6 is 22.6 Å². The van der Waals surface area contributed by atoms with Crippen molar-refractivity contribution in [3.8, 4) is 11.6 Å². The van der Waals surface area contributed by atoms with Gasteiger partial charge in [-0.25, -0.2) is 4.98 Å². The molecule has 0 saturated carbocycles. The average molecular weight is 342 g/mol. The Kier molecular flexibility index (Phi) is 3.78. The van der Waals surface area contributed by atoms with Crippen LogP contribution in [0.1, 0.15) is 6.92 Å². The van der Waals surface area contributed by atoms with Crippen molar-refractivity contribution in [2.24, 2.45) is 0 Å². The molecule has 0 aliphatic rings. The molecule has 0 unspecified atom stereocenters. The zero-order valence-corrected chi connectivity index (χ0v) is 11.4. The number of halogens is 1. The molecule has 0 N–H and O–H groups in total. The Morgan fingerprint density at radius 3 is 2.71 bits per heavy atom. The minimum Gasteiger partial charge on any atom is -0.435 e. The van der Waals surface area contributed by atoms with E-state index in [0.717, 1.165) is 3.57 Å². The maximum Gasteiger partial charge on any atom is 0.313 e. The highest BCUT2D eigenvalue weighted by atomic mass is 127. The number of ether oxygens (including phenoxy) is 1. The molecule has 17 heavy (non-hydrogen) atoms. The van der Waals surface area contributed by atoms with E-state index in [1.807, 2.05) is 31.2 Å². The van der Waals surface area contributed by atoms with Crippen molar-refractivity contribution in [3.05, 3.63) is 50.6 Å². The molecule has 0 aliphatic heterocycles. The molecule has 88 valence electrons. The maximum atomic E-state index is 11.8. The van der Waals surface area contributed by atoms with E-state index >= 15 is 0 Å². The number of aryl methyl sites for hydroxylation is 1. The predicted molar refractivity (Wildman–Crippen MR) is 73.4 cm³/mol. The van der Waals surface area contributed by atoms with Crippen LogP contribution in [0.2, 0.25) is 0 Å². The van der Waals surface area contributed by atoms with Crippen LogP contribution < -0.4 is 10.3 Å². The Morgan fingerprint density at radius 2 is 2.06 bits per heavy atom. The molecular formula is C12H11IN2O2. The topological polar surface area (TPSA) is 44.1 Å². The number of rotatable bonds is 3. The van der Waals surface area contributed by atoms with Gasteiger partial charge in [-0.3, -0.25) is 4.79 Å². The Hall–Kier alpha value is -1.37. The fourth-order valence-corrected chi connectivity index (χ4v) is 1.72. The lowest BCUT2D eigenvalue weighted by molar-refractivity contribution is 0.445. The van der Waals surface area contributed by atoms with Crippen molar-refractivity contribution in [2.45, 2.75) is 13.5 Å². The molecule has 0 amide bonds. The van der Waals surface area contributed by atoms with Gasteiger partial charge in [0.1, 0.15) is 5.75 Å². The first-order valence-corrected chi connectivity index (χ1v) is 6.27. The van der Waals surface area contributed by atoms with Gasteiger partial charge in [-0.15, -0.1) is 0 Å². The van der Waals surface area contributed by atoms with Gasteiger partial charge < -0.3 is 9.30 Å². The van der Waals surface area contributed by atoms with Crippen LogP contribution in [-0.4, -0.2) is 9.55 Å². The van der Waals surface area contributed by atoms with Gasteiger partial charge in [0, 0.05) is 22.5 Å². The summed E-state index contributed by atoms with van der Waals surface area (Å²) >= 11 is 2.21. The van der Waals surface area contributed by atoms with Gasteiger partial charge in [0.25, 0.3) is 5.88 Å². The summed E-state index contributed by atoms with van der Waals surface area (Å²) in [5.74, 6) is 0.722. The van der Waals surface area contributed by atoms with E-state index < -0.39 is 0 Å². The van der Waals surface area contributed by atoms with Crippen LogP contribution in [0.3, 0.4) is 0 Å². The predicted octanol–water partition coefficient (Wildman–Crippen LogP) is 2.66. The van der Waals surface area contributed by atoms with Gasteiger partial charge in [0.05, 0.1) is 0 Å². The number of benzene rings is 1. The quantitative estimate of drug-likeness (QED) is 0.806. The zero-order chi connectivity index (χ0) is 12.3. The van der Waals surface area contributed by atoms with Gasteiger partial charge in [-0.2, -0.15) is 0 Å². The van der Waals surface area contributed by atoms with Gasteiger partial charge in [0.2, 0.25) is 0 Å². The van der Waals surface area contributed by atoms with E-state index in [9.17, 15) is 4.79 Å². The first-order valence-electron chi connectivity index (χ1n) is 5.19. The van der Waals surface area contributed by atoms with Gasteiger partial charge in [-0.05, 0) is 53.8 Å². The third kappa shape index (κ3) is 2.85. The molecule has 0 saturated heterocycles. The smallest absolute Gasteiger partial charge is 0.313 e. The largest absolute Gasteiger partial charge is 0.435 e. The molecule has 1 aromatic heterocycles. The Balaban J connectivity index is 2.30. The summed E-state index contributed by atoms with van der Waals surface area (Å²) in [5.41, 5.74) is -0.214. The molecule has 0 fully saturated rings. The highest BCUT2D eigenvalue weighted by molar-refractivity contribution is 14.1. The third-order valence-electron chi connectivity index (χ3n) is 2.25. The van der Waals surface area contributed by atoms with E-state index in [1.54, 1.807) is 17.0 Å². The van der Waals surface area contributed by atoms with Crippen LogP contribution in [0.5, 0.6) is 11.6 Å². The monoisotopic (exact) mass is 342 g/mol. The molecule has 2 rings (SSSR count). The normalized spacial score (nSPS) is 10.2. The summed E-state index contributed by atoms with van der Waals surface area (Å²) in [7, 11) is 0. The van der Waals surface area contributed by atoms with E-state index in [0.29, 0.717) is 12.3 Å². The first-order chi connectivity index (χ1) is 8.20. The SMILES string of the molecule is CCn1ccnc(Oc2ccc(I)cc2)c1=O. The van der Waals surface area contributed by atoms with Gasteiger partial charge in [-0.1, -0.05) is 0 Å². The highest BCUT2D eigenvalue weighted by Gasteiger charge is 2.06. The molecule has 0 bridgehead atoms. The van der Waals surface area contributed by atoms with Gasteiger partial charge in [0.15, 0.2) is 0 Å².